The first-order valence-electron chi connectivity index (χ1n) is 6.79. The molecule has 0 aliphatic heterocycles. The first-order valence-corrected chi connectivity index (χ1v) is 8.23. The van der Waals surface area contributed by atoms with Crippen molar-refractivity contribution in [3.8, 4) is 0 Å². The number of likely N-dealkylation sites (N-methyl/N-ethyl adjacent to an activating group) is 3. The van der Waals surface area contributed by atoms with Crippen molar-refractivity contribution in [1.29, 1.82) is 0 Å². The smallest absolute Gasteiger partial charge is 0.270 e. The maximum absolute atomic E-state index is 12.4. The summed E-state index contributed by atoms with van der Waals surface area (Å²) in [5, 5.41) is 13.6. The summed E-state index contributed by atoms with van der Waals surface area (Å²) < 4.78 is 25.7. The van der Waals surface area contributed by atoms with Crippen LogP contribution < -0.4 is 5.32 Å². The third-order valence-corrected chi connectivity index (χ3v) is 5.02. The number of halogens is 1. The molecule has 0 fully saturated rings. The van der Waals surface area contributed by atoms with Gasteiger partial charge in [-0.25, -0.2) is 8.42 Å². The zero-order valence-corrected chi connectivity index (χ0v) is 15.3. The Balaban J connectivity index is 0.00000529. The van der Waals surface area contributed by atoms with E-state index in [0.717, 1.165) is 10.4 Å². The summed E-state index contributed by atoms with van der Waals surface area (Å²) >= 11 is 0. The van der Waals surface area contributed by atoms with Gasteiger partial charge in [0, 0.05) is 39.3 Å². The maximum Gasteiger partial charge on any atom is 0.270 e. The van der Waals surface area contributed by atoms with Crippen LogP contribution in [0.1, 0.15) is 0 Å². The summed E-state index contributed by atoms with van der Waals surface area (Å²) in [6.07, 6.45) is 0. The Hall–Kier alpha value is -1.75. The minimum Gasteiger partial charge on any atom is -0.343 e. The second kappa shape index (κ2) is 9.52. The van der Waals surface area contributed by atoms with E-state index in [0.29, 0.717) is 13.1 Å². The zero-order chi connectivity index (χ0) is 17.6. The highest BCUT2D eigenvalue weighted by Gasteiger charge is 2.25. The van der Waals surface area contributed by atoms with Crippen molar-refractivity contribution in [3.63, 3.8) is 0 Å². The molecule has 0 saturated carbocycles. The fraction of sp³-hybridized carbons (Fsp3) is 0.462. The van der Waals surface area contributed by atoms with Crippen LogP contribution in [0.5, 0.6) is 0 Å². The molecule has 24 heavy (non-hydrogen) atoms. The van der Waals surface area contributed by atoms with Gasteiger partial charge in [-0.2, -0.15) is 4.31 Å². The number of hydrogen-bond donors (Lipinski definition) is 1. The minimum absolute atomic E-state index is 0. The number of nitrogens with zero attached hydrogens (tertiary/aromatic N) is 3. The lowest BCUT2D eigenvalue weighted by Gasteiger charge is -2.21. The molecule has 0 atom stereocenters. The quantitative estimate of drug-likeness (QED) is 0.513. The van der Waals surface area contributed by atoms with E-state index in [1.54, 1.807) is 14.1 Å². The molecule has 0 aromatic heterocycles. The van der Waals surface area contributed by atoms with Crippen molar-refractivity contribution in [2.24, 2.45) is 0 Å². The van der Waals surface area contributed by atoms with Gasteiger partial charge in [-0.1, -0.05) is 6.07 Å². The average Bonchev–Trinajstić information content (AvgIpc) is 2.52. The molecule has 9 nitrogen and oxygen atoms in total. The largest absolute Gasteiger partial charge is 0.343 e. The van der Waals surface area contributed by atoms with Crippen LogP contribution in [0, 0.1) is 10.1 Å². The van der Waals surface area contributed by atoms with Gasteiger partial charge in [0.15, 0.2) is 0 Å². The number of benzene rings is 1. The van der Waals surface area contributed by atoms with Crippen LogP contribution >= 0.6 is 12.4 Å². The van der Waals surface area contributed by atoms with Crippen LogP contribution in [0.4, 0.5) is 5.69 Å². The number of rotatable bonds is 8. The third-order valence-electron chi connectivity index (χ3n) is 3.22. The second-order valence-corrected chi connectivity index (χ2v) is 6.98. The monoisotopic (exact) mass is 380 g/mol. The third kappa shape index (κ3) is 5.71. The molecule has 1 N–H and O–H groups in total. The summed E-state index contributed by atoms with van der Waals surface area (Å²) in [6, 6.07) is 4.73. The van der Waals surface area contributed by atoms with Crippen molar-refractivity contribution in [3.05, 3.63) is 34.4 Å². The minimum atomic E-state index is -3.98. The molecule has 1 aromatic carbocycles. The molecular weight excluding hydrogens is 360 g/mol. The van der Waals surface area contributed by atoms with E-state index < -0.39 is 14.9 Å². The Morgan fingerprint density at radius 3 is 2.50 bits per heavy atom. The average molecular weight is 381 g/mol. The summed E-state index contributed by atoms with van der Waals surface area (Å²) in [5.41, 5.74) is -0.322. The van der Waals surface area contributed by atoms with Crippen LogP contribution in [-0.4, -0.2) is 69.2 Å². The normalized spacial score (nSPS) is 11.0. The summed E-state index contributed by atoms with van der Waals surface area (Å²) in [7, 11) is 0.608. The molecule has 11 heteroatoms. The number of carbonyl (C=O) groups is 1. The van der Waals surface area contributed by atoms with Crippen molar-refractivity contribution >= 4 is 34.0 Å². The topological polar surface area (TPSA) is 113 Å². The van der Waals surface area contributed by atoms with Gasteiger partial charge in [0.2, 0.25) is 15.9 Å². The number of nitrogens with one attached hydrogen (secondary N) is 1. The molecule has 1 rings (SSSR count). The fourth-order valence-electron chi connectivity index (χ4n) is 1.74. The Morgan fingerprint density at radius 1 is 1.33 bits per heavy atom. The number of non-ortho nitro benzene ring substituents is 1. The van der Waals surface area contributed by atoms with Crippen LogP contribution in [0.3, 0.4) is 0 Å². The lowest BCUT2D eigenvalue weighted by molar-refractivity contribution is -0.385. The Labute approximate surface area is 147 Å². The summed E-state index contributed by atoms with van der Waals surface area (Å²) in [4.78, 5) is 23.3. The summed E-state index contributed by atoms with van der Waals surface area (Å²) in [5.74, 6) is -0.364. The van der Waals surface area contributed by atoms with Gasteiger partial charge < -0.3 is 10.2 Å². The van der Waals surface area contributed by atoms with E-state index in [1.807, 2.05) is 0 Å². The van der Waals surface area contributed by atoms with Crippen LogP contribution in [0.25, 0.3) is 0 Å². The Bertz CT molecular complexity index is 683. The Kier molecular flexibility index (Phi) is 8.83. The van der Waals surface area contributed by atoms with Gasteiger partial charge in [-0.05, 0) is 13.1 Å². The number of amides is 1. The Morgan fingerprint density at radius 2 is 1.96 bits per heavy atom. The molecule has 0 unspecified atom stereocenters. The molecule has 1 amide bonds. The van der Waals surface area contributed by atoms with Gasteiger partial charge >= 0.3 is 0 Å². The molecule has 0 aliphatic rings. The van der Waals surface area contributed by atoms with E-state index in [9.17, 15) is 23.3 Å². The standard InChI is InChI=1S/C13H20N4O5S.ClH/c1-14-7-8-15(2)13(18)10-16(3)23(21,22)12-6-4-5-11(9-12)17(19)20;/h4-6,9,14H,7-8,10H2,1-3H3;1H. The van der Waals surface area contributed by atoms with Crippen LogP contribution in [0.15, 0.2) is 29.2 Å². The number of nitro groups is 1. The predicted molar refractivity (Wildman–Crippen MR) is 91.7 cm³/mol. The highest BCUT2D eigenvalue weighted by Crippen LogP contribution is 2.20. The van der Waals surface area contributed by atoms with E-state index in [2.05, 4.69) is 5.32 Å². The van der Waals surface area contributed by atoms with Crippen molar-refractivity contribution in [1.82, 2.24) is 14.5 Å². The highest BCUT2D eigenvalue weighted by atomic mass is 35.5. The molecular formula is C13H21ClN4O5S. The molecule has 0 spiro atoms. The first-order chi connectivity index (χ1) is 10.7. The lowest BCUT2D eigenvalue weighted by atomic mass is 10.3. The van der Waals surface area contributed by atoms with Gasteiger partial charge in [-0.3, -0.25) is 14.9 Å². The molecule has 0 bridgehead atoms. The second-order valence-electron chi connectivity index (χ2n) is 4.93. The van der Waals surface area contributed by atoms with Crippen molar-refractivity contribution in [2.45, 2.75) is 4.90 Å². The molecule has 0 saturated heterocycles. The van der Waals surface area contributed by atoms with Crippen LogP contribution in [-0.2, 0) is 14.8 Å². The lowest BCUT2D eigenvalue weighted by Crippen LogP contribution is -2.41. The number of carbonyl (C=O) groups excluding carboxylic acids is 1. The van der Waals surface area contributed by atoms with Crippen molar-refractivity contribution < 1.29 is 18.1 Å². The number of hydrogen-bond acceptors (Lipinski definition) is 6. The molecule has 0 radical (unpaired) electrons. The molecule has 136 valence electrons. The SMILES string of the molecule is CNCCN(C)C(=O)CN(C)S(=O)(=O)c1cccc([N+](=O)[O-])c1.Cl. The van der Waals surface area contributed by atoms with Gasteiger partial charge in [0.1, 0.15) is 0 Å². The van der Waals surface area contributed by atoms with Crippen molar-refractivity contribution in [2.75, 3.05) is 40.8 Å². The summed E-state index contributed by atoms with van der Waals surface area (Å²) in [6.45, 7) is 0.689. The van der Waals surface area contributed by atoms with Gasteiger partial charge in [0.25, 0.3) is 5.69 Å². The fourth-order valence-corrected chi connectivity index (χ4v) is 2.90. The number of nitro benzene ring substituents is 1. The number of sulfonamides is 1. The van der Waals surface area contributed by atoms with Crippen LogP contribution in [0.2, 0.25) is 0 Å². The zero-order valence-electron chi connectivity index (χ0n) is 13.6. The van der Waals surface area contributed by atoms with Gasteiger partial charge in [-0.15, -0.1) is 12.4 Å². The van der Waals surface area contributed by atoms with E-state index in [-0.39, 0.29) is 35.4 Å². The van der Waals surface area contributed by atoms with E-state index >= 15 is 0 Å². The molecule has 0 heterocycles. The van der Waals surface area contributed by atoms with E-state index in [4.69, 9.17) is 0 Å². The molecule has 0 aliphatic carbocycles. The first kappa shape index (κ1) is 22.2. The van der Waals surface area contributed by atoms with Gasteiger partial charge in [0.05, 0.1) is 16.4 Å². The highest BCUT2D eigenvalue weighted by molar-refractivity contribution is 7.89. The maximum atomic E-state index is 12.4. The van der Waals surface area contributed by atoms with E-state index in [1.165, 1.54) is 30.1 Å². The molecule has 1 aromatic rings. The predicted octanol–water partition coefficient (Wildman–Crippen LogP) is 0.315.